The van der Waals surface area contributed by atoms with Crippen LogP contribution in [0.4, 0.5) is 4.39 Å². The number of benzene rings is 1. The van der Waals surface area contributed by atoms with Gasteiger partial charge in [-0.3, -0.25) is 0 Å². The molecule has 3 nitrogen and oxygen atoms in total. The topological polar surface area (TPSA) is 55.5 Å². The van der Waals surface area contributed by atoms with Crippen molar-refractivity contribution in [1.29, 1.82) is 0 Å². The van der Waals surface area contributed by atoms with Crippen molar-refractivity contribution in [3.63, 3.8) is 0 Å². The summed E-state index contributed by atoms with van der Waals surface area (Å²) in [6.45, 7) is 2.20. The van der Waals surface area contributed by atoms with E-state index < -0.39 is 11.9 Å². The van der Waals surface area contributed by atoms with Gasteiger partial charge in [0, 0.05) is 18.2 Å². The molecule has 0 aromatic heterocycles. The summed E-state index contributed by atoms with van der Waals surface area (Å²) in [4.78, 5) is 0. The first-order valence-corrected chi connectivity index (χ1v) is 4.97. The van der Waals surface area contributed by atoms with Crippen LogP contribution in [0.5, 0.6) is 5.75 Å². The highest BCUT2D eigenvalue weighted by molar-refractivity contribution is 6.30. The fourth-order valence-electron chi connectivity index (χ4n) is 1.21. The molecule has 0 aliphatic carbocycles. The minimum absolute atomic E-state index is 0.00114. The maximum atomic E-state index is 13.2. The molecule has 1 atom stereocenters. The van der Waals surface area contributed by atoms with Gasteiger partial charge in [-0.15, -0.1) is 0 Å². The fraction of sp³-hybridized carbons (Fsp3) is 0.400. The van der Waals surface area contributed by atoms with Crippen molar-refractivity contribution in [3.05, 3.63) is 28.5 Å². The van der Waals surface area contributed by atoms with E-state index in [1.54, 1.807) is 6.92 Å². The zero-order chi connectivity index (χ0) is 11.4. The van der Waals surface area contributed by atoms with Gasteiger partial charge >= 0.3 is 0 Å². The van der Waals surface area contributed by atoms with Crippen LogP contribution < -0.4 is 10.5 Å². The van der Waals surface area contributed by atoms with Gasteiger partial charge in [0.25, 0.3) is 0 Å². The molecule has 0 spiro atoms. The number of ether oxygens (including phenoxy) is 1. The van der Waals surface area contributed by atoms with Crippen molar-refractivity contribution in [2.24, 2.45) is 5.73 Å². The molecule has 0 heterocycles. The number of nitrogens with two attached hydrogens (primary N) is 1. The van der Waals surface area contributed by atoms with Gasteiger partial charge in [0.15, 0.2) is 0 Å². The lowest BCUT2D eigenvalue weighted by Crippen LogP contribution is -2.13. The van der Waals surface area contributed by atoms with Crippen LogP contribution in [-0.2, 0) is 0 Å². The summed E-state index contributed by atoms with van der Waals surface area (Å²) in [5.74, 6) is -0.232. The Kier molecular flexibility index (Phi) is 4.32. The van der Waals surface area contributed by atoms with Gasteiger partial charge in [0.05, 0.1) is 17.7 Å². The van der Waals surface area contributed by atoms with Gasteiger partial charge < -0.3 is 15.6 Å². The predicted octanol–water partition coefficient (Wildman–Crippen LogP) is 1.87. The predicted molar refractivity (Wildman–Crippen MR) is 56.6 cm³/mol. The average Bonchev–Trinajstić information content (AvgIpc) is 2.22. The van der Waals surface area contributed by atoms with E-state index in [2.05, 4.69) is 0 Å². The number of rotatable bonds is 4. The largest absolute Gasteiger partial charge is 0.493 e. The minimum atomic E-state index is -0.946. The molecule has 1 aromatic rings. The fourth-order valence-corrected chi connectivity index (χ4v) is 1.37. The SMILES string of the molecule is CCOc1cc(Cl)c(F)cc1C(O)CN. The molecule has 0 aliphatic rings. The first kappa shape index (κ1) is 12.2. The quantitative estimate of drug-likeness (QED) is 0.835. The van der Waals surface area contributed by atoms with Crippen LogP contribution in [0.3, 0.4) is 0 Å². The summed E-state index contributed by atoms with van der Waals surface area (Å²) in [5.41, 5.74) is 5.62. The Labute approximate surface area is 92.6 Å². The Morgan fingerprint density at radius 3 is 2.80 bits per heavy atom. The molecule has 0 bridgehead atoms. The highest BCUT2D eigenvalue weighted by Gasteiger charge is 2.15. The molecule has 84 valence electrons. The summed E-state index contributed by atoms with van der Waals surface area (Å²) in [7, 11) is 0. The second-order valence-corrected chi connectivity index (χ2v) is 3.40. The van der Waals surface area contributed by atoms with E-state index in [4.69, 9.17) is 22.1 Å². The summed E-state index contributed by atoms with van der Waals surface area (Å²) >= 11 is 5.60. The standard InChI is InChI=1S/C10H13ClFNO2/c1-2-15-10-4-7(11)8(12)3-6(10)9(14)5-13/h3-4,9,14H,2,5,13H2,1H3. The molecule has 0 saturated heterocycles. The Balaban J connectivity index is 3.15. The smallest absolute Gasteiger partial charge is 0.142 e. The average molecular weight is 234 g/mol. The lowest BCUT2D eigenvalue weighted by atomic mass is 10.1. The maximum Gasteiger partial charge on any atom is 0.142 e. The molecule has 0 aliphatic heterocycles. The van der Waals surface area contributed by atoms with Crippen LogP contribution in [0, 0.1) is 5.82 Å². The molecule has 0 saturated carbocycles. The number of halogens is 2. The van der Waals surface area contributed by atoms with Crippen molar-refractivity contribution < 1.29 is 14.2 Å². The third-order valence-corrected chi connectivity index (χ3v) is 2.22. The highest BCUT2D eigenvalue weighted by atomic mass is 35.5. The molecule has 0 radical (unpaired) electrons. The van der Waals surface area contributed by atoms with E-state index in [-0.39, 0.29) is 11.6 Å². The van der Waals surface area contributed by atoms with Crippen LogP contribution in [-0.4, -0.2) is 18.3 Å². The van der Waals surface area contributed by atoms with E-state index in [1.807, 2.05) is 0 Å². The Bertz CT molecular complexity index is 346. The molecular weight excluding hydrogens is 221 g/mol. The van der Waals surface area contributed by atoms with Crippen LogP contribution in [0.25, 0.3) is 0 Å². The first-order chi connectivity index (χ1) is 7.10. The van der Waals surface area contributed by atoms with Crippen molar-refractivity contribution in [1.82, 2.24) is 0 Å². The maximum absolute atomic E-state index is 13.2. The summed E-state index contributed by atoms with van der Waals surface area (Å²) in [6.07, 6.45) is -0.946. The number of hydrogen-bond acceptors (Lipinski definition) is 3. The van der Waals surface area contributed by atoms with Crippen LogP contribution in [0.1, 0.15) is 18.6 Å². The Hall–Kier alpha value is -0.840. The molecular formula is C10H13ClFNO2. The van der Waals surface area contributed by atoms with Crippen LogP contribution in [0.15, 0.2) is 12.1 Å². The van der Waals surface area contributed by atoms with Gasteiger partial charge in [0.1, 0.15) is 11.6 Å². The van der Waals surface area contributed by atoms with Gasteiger partial charge in [-0.25, -0.2) is 4.39 Å². The lowest BCUT2D eigenvalue weighted by Gasteiger charge is -2.14. The number of hydrogen-bond donors (Lipinski definition) is 2. The molecule has 1 aromatic carbocycles. The van der Waals surface area contributed by atoms with Crippen LogP contribution >= 0.6 is 11.6 Å². The third kappa shape index (κ3) is 2.81. The molecule has 1 unspecified atom stereocenters. The normalized spacial score (nSPS) is 12.6. The van der Waals surface area contributed by atoms with E-state index in [0.29, 0.717) is 17.9 Å². The van der Waals surface area contributed by atoms with Gasteiger partial charge in [-0.1, -0.05) is 11.6 Å². The van der Waals surface area contributed by atoms with E-state index in [1.165, 1.54) is 6.07 Å². The first-order valence-electron chi connectivity index (χ1n) is 4.60. The van der Waals surface area contributed by atoms with Gasteiger partial charge in [-0.05, 0) is 13.0 Å². The number of aliphatic hydroxyl groups excluding tert-OH is 1. The molecule has 0 fully saturated rings. The molecule has 15 heavy (non-hydrogen) atoms. The third-order valence-electron chi connectivity index (χ3n) is 1.93. The van der Waals surface area contributed by atoms with Crippen molar-refractivity contribution in [3.8, 4) is 5.75 Å². The van der Waals surface area contributed by atoms with Crippen molar-refractivity contribution >= 4 is 11.6 Å². The van der Waals surface area contributed by atoms with E-state index >= 15 is 0 Å². The Morgan fingerprint density at radius 1 is 1.60 bits per heavy atom. The van der Waals surface area contributed by atoms with Crippen molar-refractivity contribution in [2.45, 2.75) is 13.0 Å². The lowest BCUT2D eigenvalue weighted by molar-refractivity contribution is 0.179. The summed E-state index contributed by atoms with van der Waals surface area (Å²) < 4.78 is 18.4. The second-order valence-electron chi connectivity index (χ2n) is 2.99. The Morgan fingerprint density at radius 2 is 2.27 bits per heavy atom. The molecule has 5 heteroatoms. The summed E-state index contributed by atoms with van der Waals surface area (Å²) in [5, 5.41) is 9.50. The van der Waals surface area contributed by atoms with Crippen LogP contribution in [0.2, 0.25) is 5.02 Å². The number of aliphatic hydroxyl groups is 1. The zero-order valence-corrected chi connectivity index (χ0v) is 9.09. The highest BCUT2D eigenvalue weighted by Crippen LogP contribution is 2.30. The van der Waals surface area contributed by atoms with E-state index in [0.717, 1.165) is 6.07 Å². The molecule has 1 rings (SSSR count). The summed E-state index contributed by atoms with van der Waals surface area (Å²) in [6, 6.07) is 2.49. The van der Waals surface area contributed by atoms with Gasteiger partial charge in [0.2, 0.25) is 0 Å². The van der Waals surface area contributed by atoms with Crippen molar-refractivity contribution in [2.75, 3.05) is 13.2 Å². The molecule has 0 amide bonds. The van der Waals surface area contributed by atoms with E-state index in [9.17, 15) is 9.50 Å². The zero-order valence-electron chi connectivity index (χ0n) is 8.34. The monoisotopic (exact) mass is 233 g/mol. The minimum Gasteiger partial charge on any atom is -0.493 e. The molecule has 3 N–H and O–H groups in total. The second kappa shape index (κ2) is 5.30. The van der Waals surface area contributed by atoms with Gasteiger partial charge in [-0.2, -0.15) is 0 Å².